The van der Waals surface area contributed by atoms with E-state index in [0.717, 1.165) is 42.2 Å². The van der Waals surface area contributed by atoms with E-state index in [1.807, 2.05) is 11.7 Å². The fourth-order valence-corrected chi connectivity index (χ4v) is 3.33. The van der Waals surface area contributed by atoms with Gasteiger partial charge in [0, 0.05) is 20.1 Å². The Kier molecular flexibility index (Phi) is 4.63. The molecule has 0 aliphatic rings. The molecule has 0 aromatic carbocycles. The van der Waals surface area contributed by atoms with Crippen LogP contribution in [0.15, 0.2) is 0 Å². The van der Waals surface area contributed by atoms with Gasteiger partial charge >= 0.3 is 0 Å². The van der Waals surface area contributed by atoms with Crippen LogP contribution in [0.4, 0.5) is 0 Å². The average Bonchev–Trinajstić information content (AvgIpc) is 2.86. The minimum atomic E-state index is 0.134. The molecule has 6 heteroatoms. The lowest BCUT2D eigenvalue weighted by atomic mass is 9.93. The van der Waals surface area contributed by atoms with Crippen LogP contribution in [0.1, 0.15) is 32.3 Å². The van der Waals surface area contributed by atoms with E-state index in [1.54, 1.807) is 0 Å². The molecule has 0 aliphatic heterocycles. The zero-order valence-electron chi connectivity index (χ0n) is 13.9. The molecule has 0 saturated carbocycles. The number of fused-ring (bicyclic) bond motifs is 1. The summed E-state index contributed by atoms with van der Waals surface area (Å²) < 4.78 is 4.17. The van der Waals surface area contributed by atoms with Crippen LogP contribution in [0.5, 0.6) is 0 Å². The Labute approximate surface area is 131 Å². The number of hydrogen-bond donors (Lipinski definition) is 0. The van der Waals surface area contributed by atoms with Gasteiger partial charge in [0.1, 0.15) is 11.3 Å². The molecule has 2 aromatic heterocycles. The highest BCUT2D eigenvalue weighted by Crippen LogP contribution is 2.26. The lowest BCUT2D eigenvalue weighted by Gasteiger charge is -2.29. The number of rotatable bonds is 6. The van der Waals surface area contributed by atoms with Crippen molar-refractivity contribution in [1.82, 2.24) is 24.2 Å². The van der Waals surface area contributed by atoms with E-state index in [1.165, 1.54) is 0 Å². The second-order valence-corrected chi connectivity index (χ2v) is 7.01. The zero-order chi connectivity index (χ0) is 15.8. The molecular formula is C15H26ClN5. The van der Waals surface area contributed by atoms with Crippen LogP contribution in [-0.4, -0.2) is 44.9 Å². The van der Waals surface area contributed by atoms with Crippen molar-refractivity contribution in [3.05, 3.63) is 11.5 Å². The molecule has 0 fully saturated rings. The first-order valence-corrected chi connectivity index (χ1v) is 7.94. The zero-order valence-corrected chi connectivity index (χ0v) is 14.7. The van der Waals surface area contributed by atoms with Crippen molar-refractivity contribution in [2.45, 2.75) is 39.6 Å². The minimum Gasteiger partial charge on any atom is -0.311 e. The molecule has 5 nitrogen and oxygen atoms in total. The van der Waals surface area contributed by atoms with Crippen LogP contribution < -0.4 is 0 Å². The number of halogens is 1. The molecular weight excluding hydrogens is 286 g/mol. The molecule has 0 aliphatic carbocycles. The molecule has 0 unspecified atom stereocenters. The topological polar surface area (TPSA) is 38.9 Å². The van der Waals surface area contributed by atoms with E-state index in [0.29, 0.717) is 5.88 Å². The Morgan fingerprint density at radius 1 is 1.29 bits per heavy atom. The van der Waals surface area contributed by atoms with Gasteiger partial charge in [-0.3, -0.25) is 4.68 Å². The highest BCUT2D eigenvalue weighted by atomic mass is 35.5. The third kappa shape index (κ3) is 3.24. The summed E-state index contributed by atoms with van der Waals surface area (Å²) in [6.45, 7) is 8.54. The molecule has 0 atom stereocenters. The van der Waals surface area contributed by atoms with Crippen LogP contribution >= 0.6 is 11.6 Å². The van der Waals surface area contributed by atoms with Crippen LogP contribution in [0.25, 0.3) is 11.2 Å². The summed E-state index contributed by atoms with van der Waals surface area (Å²) >= 11 is 6.12. The van der Waals surface area contributed by atoms with Crippen LogP contribution in [0, 0.1) is 5.41 Å². The van der Waals surface area contributed by atoms with E-state index in [9.17, 15) is 0 Å². The molecule has 0 N–H and O–H groups in total. The van der Waals surface area contributed by atoms with Crippen molar-refractivity contribution in [1.29, 1.82) is 0 Å². The van der Waals surface area contributed by atoms with Gasteiger partial charge in [-0.05, 0) is 25.9 Å². The van der Waals surface area contributed by atoms with Crippen LogP contribution in [-0.2, 0) is 25.9 Å². The maximum Gasteiger partial charge on any atom is 0.158 e. The van der Waals surface area contributed by atoms with E-state index in [2.05, 4.69) is 49.4 Å². The van der Waals surface area contributed by atoms with Crippen molar-refractivity contribution in [2.75, 3.05) is 20.6 Å². The van der Waals surface area contributed by atoms with Crippen molar-refractivity contribution in [3.8, 4) is 0 Å². The Morgan fingerprint density at radius 2 is 1.95 bits per heavy atom. The normalized spacial score (nSPS) is 12.8. The van der Waals surface area contributed by atoms with Crippen LogP contribution in [0.3, 0.4) is 0 Å². The van der Waals surface area contributed by atoms with Gasteiger partial charge in [0.15, 0.2) is 5.65 Å². The van der Waals surface area contributed by atoms with Crippen molar-refractivity contribution in [3.63, 3.8) is 0 Å². The summed E-state index contributed by atoms with van der Waals surface area (Å²) in [5, 5.41) is 4.58. The molecule has 0 bridgehead atoms. The monoisotopic (exact) mass is 311 g/mol. The summed E-state index contributed by atoms with van der Waals surface area (Å²) in [6, 6.07) is 0. The van der Waals surface area contributed by atoms with E-state index >= 15 is 0 Å². The van der Waals surface area contributed by atoms with Gasteiger partial charge in [-0.2, -0.15) is 5.10 Å². The highest BCUT2D eigenvalue weighted by molar-refractivity contribution is 6.16. The maximum atomic E-state index is 6.12. The maximum absolute atomic E-state index is 6.12. The summed E-state index contributed by atoms with van der Waals surface area (Å²) in [5.41, 5.74) is 3.25. The molecule has 0 saturated heterocycles. The average molecular weight is 312 g/mol. The molecule has 0 spiro atoms. The third-order valence-electron chi connectivity index (χ3n) is 3.66. The van der Waals surface area contributed by atoms with Gasteiger partial charge in [0.25, 0.3) is 0 Å². The Bertz CT molecular complexity index is 624. The summed E-state index contributed by atoms with van der Waals surface area (Å²) in [7, 11) is 6.19. The molecule has 2 heterocycles. The summed E-state index contributed by atoms with van der Waals surface area (Å²) in [4.78, 5) is 6.94. The number of imidazole rings is 1. The fourth-order valence-electron chi connectivity index (χ4n) is 3.13. The van der Waals surface area contributed by atoms with E-state index in [-0.39, 0.29) is 5.41 Å². The Hall–Kier alpha value is -1.07. The molecule has 2 aromatic rings. The Balaban J connectivity index is 2.49. The van der Waals surface area contributed by atoms with Crippen molar-refractivity contribution >= 4 is 22.8 Å². The van der Waals surface area contributed by atoms with Gasteiger partial charge in [-0.1, -0.05) is 20.8 Å². The Morgan fingerprint density at radius 3 is 2.48 bits per heavy atom. The fraction of sp³-hybridized carbons (Fsp3) is 0.733. The quantitative estimate of drug-likeness (QED) is 0.770. The lowest BCUT2D eigenvalue weighted by molar-refractivity contribution is 0.211. The van der Waals surface area contributed by atoms with Gasteiger partial charge in [0.05, 0.1) is 11.6 Å². The second-order valence-electron chi connectivity index (χ2n) is 6.75. The van der Waals surface area contributed by atoms with Gasteiger partial charge in [-0.25, -0.2) is 4.98 Å². The second kappa shape index (κ2) is 5.97. The molecule has 0 amide bonds. The number of aromatic nitrogens is 4. The smallest absolute Gasteiger partial charge is 0.158 e. The number of nitrogens with zero attached hydrogens (tertiary/aromatic N) is 5. The molecule has 0 radical (unpaired) electrons. The van der Waals surface area contributed by atoms with Crippen molar-refractivity contribution < 1.29 is 0 Å². The summed E-state index contributed by atoms with van der Waals surface area (Å²) in [6.07, 6.45) is 0.886. The molecule has 21 heavy (non-hydrogen) atoms. The van der Waals surface area contributed by atoms with Crippen molar-refractivity contribution in [2.24, 2.45) is 12.5 Å². The van der Waals surface area contributed by atoms with Gasteiger partial charge in [0.2, 0.25) is 0 Å². The number of hydrogen-bond acceptors (Lipinski definition) is 3. The highest BCUT2D eigenvalue weighted by Gasteiger charge is 2.25. The SMILES string of the molecule is CCc1nn(C)c2c1nc(CCl)n2CC(C)(C)CN(C)C. The number of alkyl halides is 1. The predicted octanol–water partition coefficient (Wildman–Crippen LogP) is 2.66. The first-order chi connectivity index (χ1) is 9.79. The summed E-state index contributed by atoms with van der Waals surface area (Å²) in [5.74, 6) is 1.36. The predicted molar refractivity (Wildman–Crippen MR) is 87.8 cm³/mol. The van der Waals surface area contributed by atoms with E-state index < -0.39 is 0 Å². The van der Waals surface area contributed by atoms with Gasteiger partial charge in [-0.15, -0.1) is 11.6 Å². The van der Waals surface area contributed by atoms with Gasteiger partial charge < -0.3 is 9.47 Å². The number of aryl methyl sites for hydroxylation is 2. The third-order valence-corrected chi connectivity index (χ3v) is 3.89. The van der Waals surface area contributed by atoms with Crippen LogP contribution in [0.2, 0.25) is 0 Å². The largest absolute Gasteiger partial charge is 0.311 e. The first kappa shape index (κ1) is 16.3. The minimum absolute atomic E-state index is 0.134. The molecule has 118 valence electrons. The standard InChI is InChI=1S/C15H26ClN5/c1-7-11-13-14(20(6)18-11)21(12(8-16)17-13)10-15(2,3)9-19(4)5/h7-10H2,1-6H3. The lowest BCUT2D eigenvalue weighted by Crippen LogP contribution is -2.33. The molecule has 2 rings (SSSR count). The first-order valence-electron chi connectivity index (χ1n) is 7.40. The van der Waals surface area contributed by atoms with E-state index in [4.69, 9.17) is 16.6 Å².